The number of aryl methyl sites for hydroxylation is 1. The summed E-state index contributed by atoms with van der Waals surface area (Å²) in [4.78, 5) is 12.9. The Hall–Kier alpha value is -2.99. The van der Waals surface area contributed by atoms with Gasteiger partial charge >= 0.3 is 0 Å². The van der Waals surface area contributed by atoms with Crippen LogP contribution in [0.3, 0.4) is 0 Å². The molecule has 0 aliphatic carbocycles. The van der Waals surface area contributed by atoms with E-state index in [1.165, 1.54) is 7.11 Å². The molecule has 6 nitrogen and oxygen atoms in total. The molecule has 0 radical (unpaired) electrons. The van der Waals surface area contributed by atoms with Crippen LogP contribution < -0.4 is 14.8 Å². The van der Waals surface area contributed by atoms with Gasteiger partial charge in [-0.05, 0) is 45.0 Å². The quantitative estimate of drug-likeness (QED) is 0.646. The Morgan fingerprint density at radius 2 is 1.93 bits per heavy atom. The average molecular weight is 400 g/mol. The van der Waals surface area contributed by atoms with E-state index in [1.54, 1.807) is 16.8 Å². The molecule has 0 unspecified atom stereocenters. The van der Waals surface area contributed by atoms with Gasteiger partial charge in [-0.2, -0.15) is 5.10 Å². The number of aromatic nitrogens is 2. The minimum atomic E-state index is -0.304. The van der Waals surface area contributed by atoms with Gasteiger partial charge in [0.05, 0.1) is 41.5 Å². The summed E-state index contributed by atoms with van der Waals surface area (Å²) in [5.41, 5.74) is 3.52. The van der Waals surface area contributed by atoms with Crippen LogP contribution in [-0.4, -0.2) is 29.4 Å². The molecule has 146 valence electrons. The second-order valence-electron chi connectivity index (χ2n) is 6.17. The third kappa shape index (κ3) is 3.82. The summed E-state index contributed by atoms with van der Waals surface area (Å²) in [6, 6.07) is 12.9. The molecule has 7 heteroatoms. The SMILES string of the molecule is CCOc1c(Cl)cc(C(=O)Nc2c(C)nn(-c3ccccc3)c2C)cc1OC. The fourth-order valence-corrected chi connectivity index (χ4v) is 3.23. The second-order valence-corrected chi connectivity index (χ2v) is 6.58. The number of benzene rings is 2. The van der Waals surface area contributed by atoms with Gasteiger partial charge in [0.2, 0.25) is 0 Å². The molecule has 0 aliphatic rings. The number of nitrogens with one attached hydrogen (secondary N) is 1. The standard InChI is InChI=1S/C21H22ClN3O3/c1-5-28-20-17(22)11-15(12-18(20)27-4)21(26)23-19-13(2)24-25(14(19)3)16-9-7-6-8-10-16/h6-12H,5H2,1-4H3,(H,23,26). The summed E-state index contributed by atoms with van der Waals surface area (Å²) in [5, 5.41) is 7.80. The zero-order chi connectivity index (χ0) is 20.3. The third-order valence-electron chi connectivity index (χ3n) is 4.31. The maximum atomic E-state index is 12.9. The van der Waals surface area contributed by atoms with Gasteiger partial charge in [0, 0.05) is 5.56 Å². The van der Waals surface area contributed by atoms with Crippen molar-refractivity contribution in [3.05, 3.63) is 64.4 Å². The first-order valence-corrected chi connectivity index (χ1v) is 9.27. The van der Waals surface area contributed by atoms with Crippen molar-refractivity contribution < 1.29 is 14.3 Å². The van der Waals surface area contributed by atoms with Crippen LogP contribution in [0.4, 0.5) is 5.69 Å². The van der Waals surface area contributed by atoms with E-state index in [2.05, 4.69) is 10.4 Å². The van der Waals surface area contributed by atoms with E-state index in [0.29, 0.717) is 34.4 Å². The van der Waals surface area contributed by atoms with Crippen molar-refractivity contribution in [2.75, 3.05) is 19.0 Å². The van der Waals surface area contributed by atoms with Gasteiger partial charge in [-0.3, -0.25) is 4.79 Å². The highest BCUT2D eigenvalue weighted by molar-refractivity contribution is 6.32. The van der Waals surface area contributed by atoms with E-state index in [1.807, 2.05) is 51.1 Å². The minimum absolute atomic E-state index is 0.304. The zero-order valence-electron chi connectivity index (χ0n) is 16.2. The molecular weight excluding hydrogens is 378 g/mol. The molecule has 0 saturated carbocycles. The van der Waals surface area contributed by atoms with Crippen LogP contribution in [0.15, 0.2) is 42.5 Å². The molecule has 2 aromatic carbocycles. The van der Waals surface area contributed by atoms with E-state index in [4.69, 9.17) is 21.1 Å². The number of methoxy groups -OCH3 is 1. The van der Waals surface area contributed by atoms with Crippen molar-refractivity contribution in [2.45, 2.75) is 20.8 Å². The van der Waals surface area contributed by atoms with Gasteiger partial charge in [0.15, 0.2) is 11.5 Å². The highest BCUT2D eigenvalue weighted by Gasteiger charge is 2.19. The smallest absolute Gasteiger partial charge is 0.255 e. The minimum Gasteiger partial charge on any atom is -0.493 e. The molecule has 0 atom stereocenters. The van der Waals surface area contributed by atoms with E-state index in [0.717, 1.165) is 17.1 Å². The number of hydrogen-bond acceptors (Lipinski definition) is 4. The molecule has 3 aromatic rings. The van der Waals surface area contributed by atoms with Crippen LogP contribution >= 0.6 is 11.6 Å². The van der Waals surface area contributed by atoms with E-state index < -0.39 is 0 Å². The van der Waals surface area contributed by atoms with Crippen LogP contribution in [0.25, 0.3) is 5.69 Å². The Labute approximate surface area is 169 Å². The second kappa shape index (κ2) is 8.35. The summed E-state index contributed by atoms with van der Waals surface area (Å²) < 4.78 is 12.6. The molecule has 1 N–H and O–H groups in total. The van der Waals surface area contributed by atoms with Crippen molar-refractivity contribution in [3.8, 4) is 17.2 Å². The number of hydrogen-bond donors (Lipinski definition) is 1. The Kier molecular flexibility index (Phi) is 5.90. The van der Waals surface area contributed by atoms with Crippen molar-refractivity contribution in [2.24, 2.45) is 0 Å². The van der Waals surface area contributed by atoms with Gasteiger partial charge in [0.25, 0.3) is 5.91 Å². The van der Waals surface area contributed by atoms with Crippen LogP contribution in [0.2, 0.25) is 5.02 Å². The molecule has 3 rings (SSSR count). The normalized spacial score (nSPS) is 10.6. The van der Waals surface area contributed by atoms with E-state index in [9.17, 15) is 4.79 Å². The lowest BCUT2D eigenvalue weighted by Crippen LogP contribution is -2.14. The van der Waals surface area contributed by atoms with Crippen molar-refractivity contribution >= 4 is 23.2 Å². The number of amides is 1. The Morgan fingerprint density at radius 3 is 2.57 bits per heavy atom. The fourth-order valence-electron chi connectivity index (χ4n) is 2.97. The molecule has 0 aliphatic heterocycles. The van der Waals surface area contributed by atoms with E-state index >= 15 is 0 Å². The lowest BCUT2D eigenvalue weighted by atomic mass is 10.1. The van der Waals surface area contributed by atoms with E-state index in [-0.39, 0.29) is 5.91 Å². The predicted molar refractivity (Wildman–Crippen MR) is 110 cm³/mol. The van der Waals surface area contributed by atoms with Gasteiger partial charge in [-0.25, -0.2) is 4.68 Å². The molecule has 1 aromatic heterocycles. The average Bonchev–Trinajstić information content (AvgIpc) is 2.98. The molecule has 0 bridgehead atoms. The highest BCUT2D eigenvalue weighted by Crippen LogP contribution is 2.36. The van der Waals surface area contributed by atoms with Crippen molar-refractivity contribution in [1.29, 1.82) is 0 Å². The summed E-state index contributed by atoms with van der Waals surface area (Å²) in [6.45, 7) is 6.06. The molecule has 1 heterocycles. The monoisotopic (exact) mass is 399 g/mol. The first kappa shape index (κ1) is 19.8. The number of anilines is 1. The number of ether oxygens (including phenoxy) is 2. The van der Waals surface area contributed by atoms with Crippen LogP contribution in [0.5, 0.6) is 11.5 Å². The fraction of sp³-hybridized carbons (Fsp3) is 0.238. The molecule has 28 heavy (non-hydrogen) atoms. The largest absolute Gasteiger partial charge is 0.493 e. The van der Waals surface area contributed by atoms with Gasteiger partial charge in [0.1, 0.15) is 0 Å². The van der Waals surface area contributed by atoms with Crippen molar-refractivity contribution in [3.63, 3.8) is 0 Å². The van der Waals surface area contributed by atoms with Gasteiger partial charge in [-0.1, -0.05) is 29.8 Å². The first-order valence-electron chi connectivity index (χ1n) is 8.89. The summed E-state index contributed by atoms with van der Waals surface area (Å²) in [5.74, 6) is 0.530. The maximum Gasteiger partial charge on any atom is 0.255 e. The maximum absolute atomic E-state index is 12.9. The van der Waals surface area contributed by atoms with Crippen molar-refractivity contribution in [1.82, 2.24) is 9.78 Å². The van der Waals surface area contributed by atoms with Crippen LogP contribution in [-0.2, 0) is 0 Å². The topological polar surface area (TPSA) is 65.4 Å². The number of rotatable bonds is 6. The number of halogens is 1. The zero-order valence-corrected chi connectivity index (χ0v) is 17.0. The highest BCUT2D eigenvalue weighted by atomic mass is 35.5. The first-order chi connectivity index (χ1) is 13.5. The van der Waals surface area contributed by atoms with Crippen LogP contribution in [0.1, 0.15) is 28.7 Å². The lowest BCUT2D eigenvalue weighted by Gasteiger charge is -2.13. The lowest BCUT2D eigenvalue weighted by molar-refractivity contribution is 0.102. The Bertz CT molecular complexity index is 1000. The summed E-state index contributed by atoms with van der Waals surface area (Å²) in [7, 11) is 1.51. The summed E-state index contributed by atoms with van der Waals surface area (Å²) in [6.07, 6.45) is 0. The summed E-state index contributed by atoms with van der Waals surface area (Å²) >= 11 is 6.28. The van der Waals surface area contributed by atoms with Gasteiger partial charge in [-0.15, -0.1) is 0 Å². The Morgan fingerprint density at radius 1 is 1.21 bits per heavy atom. The number of carbonyl (C=O) groups excluding carboxylic acids is 1. The van der Waals surface area contributed by atoms with Gasteiger partial charge < -0.3 is 14.8 Å². The molecule has 0 saturated heterocycles. The number of carbonyl (C=O) groups is 1. The molecule has 0 fully saturated rings. The number of para-hydroxylation sites is 1. The Balaban J connectivity index is 1.92. The predicted octanol–water partition coefficient (Wildman–Crippen LogP) is 4.80. The molecule has 1 amide bonds. The van der Waals surface area contributed by atoms with Crippen LogP contribution in [0, 0.1) is 13.8 Å². The molecular formula is C21H22ClN3O3. The third-order valence-corrected chi connectivity index (χ3v) is 4.59. The molecule has 0 spiro atoms. The number of nitrogens with zero attached hydrogens (tertiary/aromatic N) is 2.